The third kappa shape index (κ3) is 4.60. The molecule has 1 atom stereocenters. The van der Waals surface area contributed by atoms with Crippen LogP contribution in [-0.2, 0) is 4.79 Å². The smallest absolute Gasteiger partial charge is 0.320 e. The molecule has 4 N–H and O–H groups in total. The number of hydrogen-bond donors (Lipinski definition) is 3. The van der Waals surface area contributed by atoms with Gasteiger partial charge >= 0.3 is 6.03 Å². The number of carbonyl (C=O) groups excluding carboxylic acids is 2. The number of carbonyl (C=O) groups is 2. The van der Waals surface area contributed by atoms with Crippen molar-refractivity contribution in [1.82, 2.24) is 20.0 Å². The van der Waals surface area contributed by atoms with E-state index in [1.165, 1.54) is 0 Å². The highest BCUT2D eigenvalue weighted by Crippen LogP contribution is 2.16. The predicted octanol–water partition coefficient (Wildman–Crippen LogP) is 1.19. The number of nitrogens with two attached hydrogens (primary N) is 1. The lowest BCUT2D eigenvalue weighted by atomic mass is 9.97. The first kappa shape index (κ1) is 17.9. The van der Waals surface area contributed by atoms with Gasteiger partial charge in [0.2, 0.25) is 5.91 Å². The molecule has 0 bridgehead atoms. The molecule has 1 saturated heterocycles. The lowest BCUT2D eigenvalue weighted by Gasteiger charge is -2.31. The maximum absolute atomic E-state index is 12.2. The van der Waals surface area contributed by atoms with Crippen LogP contribution in [0, 0.1) is 5.92 Å². The Bertz CT molecular complexity index is 745. The van der Waals surface area contributed by atoms with Crippen molar-refractivity contribution in [3.63, 3.8) is 0 Å². The van der Waals surface area contributed by atoms with Crippen molar-refractivity contribution in [1.29, 1.82) is 0 Å². The lowest BCUT2D eigenvalue weighted by Crippen LogP contribution is -2.44. The van der Waals surface area contributed by atoms with Gasteiger partial charge in [0.1, 0.15) is 5.82 Å². The summed E-state index contributed by atoms with van der Waals surface area (Å²) >= 11 is 0. The highest BCUT2D eigenvalue weighted by molar-refractivity contribution is 5.88. The van der Waals surface area contributed by atoms with Crippen molar-refractivity contribution in [2.75, 3.05) is 31.5 Å². The zero-order chi connectivity index (χ0) is 18.4. The fraction of sp³-hybridized carbons (Fsp3) is 0.389. The quantitative estimate of drug-likeness (QED) is 0.723. The molecular formula is C18H24N6O2. The third-order valence-electron chi connectivity index (χ3n) is 4.51. The first-order valence-corrected chi connectivity index (χ1v) is 8.79. The second kappa shape index (κ2) is 8.48. The molecule has 8 nitrogen and oxygen atoms in total. The molecule has 0 unspecified atom stereocenters. The molecule has 138 valence electrons. The van der Waals surface area contributed by atoms with Gasteiger partial charge in [0.15, 0.2) is 0 Å². The molecule has 1 aliphatic rings. The van der Waals surface area contributed by atoms with E-state index in [4.69, 9.17) is 5.73 Å². The van der Waals surface area contributed by atoms with E-state index in [0.717, 1.165) is 25.1 Å². The van der Waals surface area contributed by atoms with E-state index in [1.807, 2.05) is 30.3 Å². The van der Waals surface area contributed by atoms with E-state index in [0.29, 0.717) is 25.5 Å². The number of aromatic nitrogens is 2. The van der Waals surface area contributed by atoms with Crippen LogP contribution in [0.5, 0.6) is 0 Å². The molecule has 1 aromatic heterocycles. The Labute approximate surface area is 152 Å². The largest absolute Gasteiger partial charge is 0.369 e. The number of urea groups is 1. The van der Waals surface area contributed by atoms with Crippen LogP contribution in [0.3, 0.4) is 0 Å². The van der Waals surface area contributed by atoms with Crippen molar-refractivity contribution in [3.05, 3.63) is 42.6 Å². The lowest BCUT2D eigenvalue weighted by molar-refractivity contribution is -0.123. The number of benzene rings is 1. The molecule has 3 rings (SSSR count). The molecule has 3 amide bonds. The zero-order valence-corrected chi connectivity index (χ0v) is 14.6. The van der Waals surface area contributed by atoms with E-state index in [2.05, 4.69) is 20.6 Å². The molecule has 1 fully saturated rings. The minimum Gasteiger partial charge on any atom is -0.369 e. The van der Waals surface area contributed by atoms with Crippen LogP contribution >= 0.6 is 0 Å². The fourth-order valence-electron chi connectivity index (χ4n) is 3.15. The summed E-state index contributed by atoms with van der Waals surface area (Å²) in [6, 6.07) is 11.1. The number of nitrogens with zero attached hydrogens (tertiary/aromatic N) is 3. The second-order valence-corrected chi connectivity index (χ2v) is 6.39. The standard InChI is InChI=1S/C18H24N6O2/c19-17(25)14-5-4-11-23(13-14)12-10-20-18(26)22-16-8-9-21-24(16)15-6-2-1-3-7-15/h1-3,6-9,14H,4-5,10-13H2,(H2,19,25)(H2,20,22,26)/t14-/m0/s1. The van der Waals surface area contributed by atoms with E-state index >= 15 is 0 Å². The monoisotopic (exact) mass is 356 g/mol. The van der Waals surface area contributed by atoms with Gasteiger partial charge in [0, 0.05) is 25.7 Å². The number of anilines is 1. The summed E-state index contributed by atoms with van der Waals surface area (Å²) < 4.78 is 1.67. The van der Waals surface area contributed by atoms with E-state index < -0.39 is 0 Å². The number of amides is 3. The van der Waals surface area contributed by atoms with Crippen LogP contribution in [-0.4, -0.2) is 52.8 Å². The number of likely N-dealkylation sites (tertiary alicyclic amines) is 1. The molecule has 1 aromatic carbocycles. The van der Waals surface area contributed by atoms with Crippen LogP contribution in [0.15, 0.2) is 42.6 Å². The van der Waals surface area contributed by atoms with Gasteiger partial charge in [-0.05, 0) is 31.5 Å². The van der Waals surface area contributed by atoms with E-state index in [-0.39, 0.29) is 17.9 Å². The molecular weight excluding hydrogens is 332 g/mol. The molecule has 0 spiro atoms. The van der Waals surface area contributed by atoms with Crippen molar-refractivity contribution in [2.45, 2.75) is 12.8 Å². The molecule has 1 aliphatic heterocycles. The molecule has 0 aliphatic carbocycles. The number of primary amides is 1. The van der Waals surface area contributed by atoms with E-state index in [1.54, 1.807) is 16.9 Å². The average molecular weight is 356 g/mol. The highest BCUT2D eigenvalue weighted by Gasteiger charge is 2.23. The maximum atomic E-state index is 12.2. The number of rotatable bonds is 6. The molecule has 0 radical (unpaired) electrons. The van der Waals surface area contributed by atoms with Crippen molar-refractivity contribution < 1.29 is 9.59 Å². The van der Waals surface area contributed by atoms with Crippen molar-refractivity contribution in [2.24, 2.45) is 11.7 Å². The highest BCUT2D eigenvalue weighted by atomic mass is 16.2. The minimum atomic E-state index is -0.286. The Kier molecular flexibility index (Phi) is 5.85. The minimum absolute atomic E-state index is 0.0854. The Morgan fingerprint density at radius 2 is 2.04 bits per heavy atom. The van der Waals surface area contributed by atoms with Crippen molar-refractivity contribution >= 4 is 17.8 Å². The Morgan fingerprint density at radius 3 is 2.81 bits per heavy atom. The Balaban J connectivity index is 1.47. The maximum Gasteiger partial charge on any atom is 0.320 e. The summed E-state index contributed by atoms with van der Waals surface area (Å²) in [4.78, 5) is 25.6. The van der Waals surface area contributed by atoms with Gasteiger partial charge in [-0.1, -0.05) is 18.2 Å². The Hall–Kier alpha value is -2.87. The van der Waals surface area contributed by atoms with Gasteiger partial charge < -0.3 is 16.0 Å². The van der Waals surface area contributed by atoms with Crippen LogP contribution in [0.1, 0.15) is 12.8 Å². The van der Waals surface area contributed by atoms with Crippen LogP contribution in [0.25, 0.3) is 5.69 Å². The number of hydrogen-bond acceptors (Lipinski definition) is 4. The molecule has 8 heteroatoms. The Morgan fingerprint density at radius 1 is 1.23 bits per heavy atom. The van der Waals surface area contributed by atoms with Crippen molar-refractivity contribution in [3.8, 4) is 5.69 Å². The number of nitrogens with one attached hydrogen (secondary N) is 2. The van der Waals surface area contributed by atoms with Crippen LogP contribution in [0.2, 0.25) is 0 Å². The van der Waals surface area contributed by atoms with Gasteiger partial charge in [-0.2, -0.15) is 5.10 Å². The fourth-order valence-corrected chi connectivity index (χ4v) is 3.15. The number of piperidine rings is 1. The van der Waals surface area contributed by atoms with Gasteiger partial charge in [-0.3, -0.25) is 10.1 Å². The van der Waals surface area contributed by atoms with Gasteiger partial charge in [-0.25, -0.2) is 9.48 Å². The second-order valence-electron chi connectivity index (χ2n) is 6.39. The summed E-state index contributed by atoms with van der Waals surface area (Å²) in [5.74, 6) is 0.271. The third-order valence-corrected chi connectivity index (χ3v) is 4.51. The normalized spacial score (nSPS) is 17.6. The van der Waals surface area contributed by atoms with Gasteiger partial charge in [-0.15, -0.1) is 0 Å². The van der Waals surface area contributed by atoms with Crippen LogP contribution in [0.4, 0.5) is 10.6 Å². The summed E-state index contributed by atoms with van der Waals surface area (Å²) in [6.45, 7) is 2.78. The van der Waals surface area contributed by atoms with E-state index in [9.17, 15) is 9.59 Å². The summed E-state index contributed by atoms with van der Waals surface area (Å²) in [7, 11) is 0. The number of para-hydroxylation sites is 1. The summed E-state index contributed by atoms with van der Waals surface area (Å²) in [5, 5.41) is 9.89. The molecule has 0 saturated carbocycles. The molecule has 2 aromatic rings. The topological polar surface area (TPSA) is 105 Å². The molecule has 26 heavy (non-hydrogen) atoms. The molecule has 2 heterocycles. The SMILES string of the molecule is NC(=O)[C@H]1CCCN(CCNC(=O)Nc2ccnn2-c2ccccc2)C1. The zero-order valence-electron chi connectivity index (χ0n) is 14.6. The van der Waals surface area contributed by atoms with Crippen LogP contribution < -0.4 is 16.4 Å². The predicted molar refractivity (Wildman–Crippen MR) is 98.9 cm³/mol. The first-order chi connectivity index (χ1) is 12.6. The van der Waals surface area contributed by atoms with Gasteiger partial charge in [0.05, 0.1) is 17.8 Å². The summed E-state index contributed by atoms with van der Waals surface area (Å²) in [6.07, 6.45) is 3.44. The first-order valence-electron chi connectivity index (χ1n) is 8.79. The average Bonchev–Trinajstić information content (AvgIpc) is 3.10. The van der Waals surface area contributed by atoms with Gasteiger partial charge in [0.25, 0.3) is 0 Å². The summed E-state index contributed by atoms with van der Waals surface area (Å²) in [5.41, 5.74) is 6.26.